The average molecular weight is 289 g/mol. The maximum Gasteiger partial charge on any atom is 0.153 e. The van der Waals surface area contributed by atoms with Crippen molar-refractivity contribution in [2.75, 3.05) is 18.8 Å². The second kappa shape index (κ2) is 6.37. The highest BCUT2D eigenvalue weighted by Gasteiger charge is 2.26. The van der Waals surface area contributed by atoms with Crippen LogP contribution in [0.15, 0.2) is 23.2 Å². The number of anilines is 1. The van der Waals surface area contributed by atoms with E-state index in [9.17, 15) is 0 Å². The Kier molecular flexibility index (Phi) is 4.76. The molecule has 2 rings (SSSR count). The van der Waals surface area contributed by atoms with Crippen LogP contribution in [0.5, 0.6) is 5.75 Å². The van der Waals surface area contributed by atoms with E-state index in [4.69, 9.17) is 15.5 Å². The molecule has 1 atom stereocenters. The Morgan fingerprint density at radius 2 is 1.81 bits per heavy atom. The summed E-state index contributed by atoms with van der Waals surface area (Å²) < 4.78 is 6.02. The van der Waals surface area contributed by atoms with Crippen molar-refractivity contribution in [3.05, 3.63) is 18.2 Å². The van der Waals surface area contributed by atoms with Crippen molar-refractivity contribution in [2.45, 2.75) is 40.7 Å². The highest BCUT2D eigenvalue weighted by Crippen LogP contribution is 2.34. The molecule has 0 saturated heterocycles. The van der Waals surface area contributed by atoms with Crippen LogP contribution in [-0.2, 0) is 0 Å². The molecule has 1 heterocycles. The highest BCUT2D eigenvalue weighted by molar-refractivity contribution is 5.91. The van der Waals surface area contributed by atoms with E-state index in [-0.39, 0.29) is 6.10 Å². The van der Waals surface area contributed by atoms with Gasteiger partial charge in [0.1, 0.15) is 17.3 Å². The van der Waals surface area contributed by atoms with Gasteiger partial charge in [-0.3, -0.25) is 0 Å². The summed E-state index contributed by atoms with van der Waals surface area (Å²) in [5.41, 5.74) is 7.41. The normalized spacial score (nSPS) is 17.5. The van der Waals surface area contributed by atoms with Gasteiger partial charge in [0, 0.05) is 18.8 Å². The van der Waals surface area contributed by atoms with E-state index in [0.29, 0.717) is 17.5 Å². The lowest BCUT2D eigenvalue weighted by Gasteiger charge is -2.34. The van der Waals surface area contributed by atoms with Gasteiger partial charge in [0.15, 0.2) is 6.10 Å². The Hall–Kier alpha value is -1.71. The first-order valence-corrected chi connectivity index (χ1v) is 7.76. The predicted molar refractivity (Wildman–Crippen MR) is 89.3 cm³/mol. The first-order valence-electron chi connectivity index (χ1n) is 7.76. The SMILES string of the molecule is CC(C)CN(CC(C)C)C1=Nc2cc(N)ccc2OC1C. The lowest BCUT2D eigenvalue weighted by Crippen LogP contribution is -2.45. The minimum atomic E-state index is -0.0291. The number of rotatable bonds is 4. The van der Waals surface area contributed by atoms with Gasteiger partial charge in [-0.25, -0.2) is 4.99 Å². The van der Waals surface area contributed by atoms with Crippen molar-refractivity contribution >= 4 is 17.2 Å². The third kappa shape index (κ3) is 3.90. The Bertz CT molecular complexity index is 513. The minimum Gasteiger partial charge on any atom is -0.481 e. The van der Waals surface area contributed by atoms with Gasteiger partial charge in [0.25, 0.3) is 0 Å². The average Bonchev–Trinajstić information content (AvgIpc) is 2.36. The zero-order valence-corrected chi connectivity index (χ0v) is 13.8. The summed E-state index contributed by atoms with van der Waals surface area (Å²) in [4.78, 5) is 7.18. The molecule has 1 aliphatic rings. The van der Waals surface area contributed by atoms with Crippen LogP contribution in [0.4, 0.5) is 11.4 Å². The summed E-state index contributed by atoms with van der Waals surface area (Å²) in [6.45, 7) is 13.0. The Labute approximate surface area is 128 Å². The summed E-state index contributed by atoms with van der Waals surface area (Å²) >= 11 is 0. The van der Waals surface area contributed by atoms with Crippen LogP contribution in [0.2, 0.25) is 0 Å². The molecule has 1 aromatic rings. The van der Waals surface area contributed by atoms with E-state index >= 15 is 0 Å². The lowest BCUT2D eigenvalue weighted by molar-refractivity contribution is 0.238. The van der Waals surface area contributed by atoms with Crippen molar-refractivity contribution in [1.82, 2.24) is 4.90 Å². The summed E-state index contributed by atoms with van der Waals surface area (Å²) in [5, 5.41) is 0. The Morgan fingerprint density at radius 1 is 1.19 bits per heavy atom. The van der Waals surface area contributed by atoms with E-state index in [1.54, 1.807) is 0 Å². The van der Waals surface area contributed by atoms with E-state index < -0.39 is 0 Å². The van der Waals surface area contributed by atoms with Crippen LogP contribution >= 0.6 is 0 Å². The van der Waals surface area contributed by atoms with Crippen LogP contribution in [0.1, 0.15) is 34.6 Å². The third-order valence-electron chi connectivity index (χ3n) is 3.38. The minimum absolute atomic E-state index is 0.0291. The molecule has 21 heavy (non-hydrogen) atoms. The first-order chi connectivity index (χ1) is 9.86. The number of benzene rings is 1. The number of ether oxygens (including phenoxy) is 1. The molecule has 116 valence electrons. The smallest absolute Gasteiger partial charge is 0.153 e. The molecule has 4 nitrogen and oxygen atoms in total. The third-order valence-corrected chi connectivity index (χ3v) is 3.38. The molecule has 0 aromatic heterocycles. The van der Waals surface area contributed by atoms with Crippen LogP contribution in [0.25, 0.3) is 0 Å². The lowest BCUT2D eigenvalue weighted by atomic mass is 10.1. The van der Waals surface area contributed by atoms with Crippen LogP contribution < -0.4 is 10.5 Å². The van der Waals surface area contributed by atoms with Crippen molar-refractivity contribution in [2.24, 2.45) is 16.8 Å². The van der Waals surface area contributed by atoms with Gasteiger partial charge in [0.2, 0.25) is 0 Å². The zero-order valence-electron chi connectivity index (χ0n) is 13.8. The van der Waals surface area contributed by atoms with Crippen molar-refractivity contribution in [1.29, 1.82) is 0 Å². The molecule has 2 N–H and O–H groups in total. The fourth-order valence-electron chi connectivity index (χ4n) is 2.65. The summed E-state index contributed by atoms with van der Waals surface area (Å²) in [6.07, 6.45) is -0.0291. The molecule has 1 aromatic carbocycles. The molecule has 4 heteroatoms. The Balaban J connectivity index is 2.34. The monoisotopic (exact) mass is 289 g/mol. The molecule has 0 saturated carbocycles. The maximum atomic E-state index is 6.02. The largest absolute Gasteiger partial charge is 0.481 e. The standard InChI is InChI=1S/C17H27N3O/c1-11(2)9-20(10-12(3)4)17-13(5)21-16-7-6-14(18)8-15(16)19-17/h6-8,11-13H,9-10,18H2,1-5H3. The molecule has 0 bridgehead atoms. The second-order valence-corrected chi connectivity index (χ2v) is 6.65. The number of nitrogens with zero attached hydrogens (tertiary/aromatic N) is 2. The number of fused-ring (bicyclic) bond motifs is 1. The maximum absolute atomic E-state index is 6.02. The van der Waals surface area contributed by atoms with Crippen molar-refractivity contribution < 1.29 is 4.74 Å². The number of nitrogen functional groups attached to an aromatic ring is 1. The van der Waals surface area contributed by atoms with Crippen LogP contribution in [-0.4, -0.2) is 29.9 Å². The number of amidine groups is 1. The molecule has 0 aliphatic carbocycles. The van der Waals surface area contributed by atoms with Crippen molar-refractivity contribution in [3.63, 3.8) is 0 Å². The number of nitrogens with two attached hydrogens (primary N) is 1. The van der Waals surface area contributed by atoms with Gasteiger partial charge in [-0.15, -0.1) is 0 Å². The van der Waals surface area contributed by atoms with Gasteiger partial charge in [-0.1, -0.05) is 27.7 Å². The Morgan fingerprint density at radius 3 is 2.38 bits per heavy atom. The van der Waals surface area contributed by atoms with Gasteiger partial charge in [-0.05, 0) is 37.0 Å². The number of aliphatic imine (C=N–C) groups is 1. The molecular weight excluding hydrogens is 262 g/mol. The zero-order chi connectivity index (χ0) is 15.6. The van der Waals surface area contributed by atoms with Crippen LogP contribution in [0, 0.1) is 11.8 Å². The second-order valence-electron chi connectivity index (χ2n) is 6.65. The van der Waals surface area contributed by atoms with Gasteiger partial charge >= 0.3 is 0 Å². The van der Waals surface area contributed by atoms with Gasteiger partial charge in [-0.2, -0.15) is 0 Å². The molecule has 0 spiro atoms. The van der Waals surface area contributed by atoms with E-state index in [1.165, 1.54) is 0 Å². The molecular formula is C17H27N3O. The summed E-state index contributed by atoms with van der Waals surface area (Å²) in [6, 6.07) is 5.63. The first kappa shape index (κ1) is 15.7. The summed E-state index contributed by atoms with van der Waals surface area (Å²) in [7, 11) is 0. The van der Waals surface area contributed by atoms with E-state index in [2.05, 4.69) is 39.5 Å². The van der Waals surface area contributed by atoms with Crippen LogP contribution in [0.3, 0.4) is 0 Å². The molecule has 0 radical (unpaired) electrons. The fraction of sp³-hybridized carbons (Fsp3) is 0.588. The quantitative estimate of drug-likeness (QED) is 0.860. The van der Waals surface area contributed by atoms with Gasteiger partial charge in [0.05, 0.1) is 0 Å². The molecule has 1 aliphatic heterocycles. The molecule has 1 unspecified atom stereocenters. The number of hydrogen-bond acceptors (Lipinski definition) is 4. The van der Waals surface area contributed by atoms with E-state index in [1.807, 2.05) is 18.2 Å². The highest BCUT2D eigenvalue weighted by atomic mass is 16.5. The van der Waals surface area contributed by atoms with Crippen molar-refractivity contribution in [3.8, 4) is 5.75 Å². The topological polar surface area (TPSA) is 50.8 Å². The summed E-state index contributed by atoms with van der Waals surface area (Å²) in [5.74, 6) is 2.99. The van der Waals surface area contributed by atoms with Gasteiger partial charge < -0.3 is 15.4 Å². The number of hydrogen-bond donors (Lipinski definition) is 1. The predicted octanol–water partition coefficient (Wildman–Crippen LogP) is 3.69. The van der Waals surface area contributed by atoms with E-state index in [0.717, 1.165) is 30.4 Å². The molecule has 0 amide bonds. The fourth-order valence-corrected chi connectivity index (χ4v) is 2.65. The molecule has 0 fully saturated rings.